The van der Waals surface area contributed by atoms with Gasteiger partial charge in [-0.15, -0.1) is 0 Å². The van der Waals surface area contributed by atoms with Gasteiger partial charge in [-0.1, -0.05) is 24.3 Å². The molecule has 5 rings (SSSR count). The highest BCUT2D eigenvalue weighted by Gasteiger charge is 2.28. The zero-order valence-electron chi connectivity index (χ0n) is 22.0. The molecule has 1 atom stereocenters. The minimum atomic E-state index is -0.259. The van der Waals surface area contributed by atoms with Gasteiger partial charge in [0, 0.05) is 43.0 Å². The van der Waals surface area contributed by atoms with Gasteiger partial charge in [0.2, 0.25) is 5.91 Å². The minimum absolute atomic E-state index is 0.00746. The van der Waals surface area contributed by atoms with Gasteiger partial charge in [0.25, 0.3) is 5.91 Å². The van der Waals surface area contributed by atoms with E-state index in [1.807, 2.05) is 52.9 Å². The van der Waals surface area contributed by atoms with E-state index in [1.165, 1.54) is 6.33 Å². The number of nitrogens with zero attached hydrogens (tertiary/aromatic N) is 7. The van der Waals surface area contributed by atoms with Crippen LogP contribution in [0.1, 0.15) is 29.2 Å². The van der Waals surface area contributed by atoms with Gasteiger partial charge >= 0.3 is 0 Å². The minimum Gasteiger partial charge on any atom is -0.383 e. The van der Waals surface area contributed by atoms with Gasteiger partial charge < -0.3 is 20.9 Å². The van der Waals surface area contributed by atoms with E-state index in [0.717, 1.165) is 18.4 Å². The zero-order valence-corrected chi connectivity index (χ0v) is 22.0. The van der Waals surface area contributed by atoms with Crippen LogP contribution in [0.2, 0.25) is 0 Å². The van der Waals surface area contributed by atoms with Gasteiger partial charge in [-0.3, -0.25) is 9.59 Å². The van der Waals surface area contributed by atoms with Crippen LogP contribution in [0.3, 0.4) is 0 Å². The number of nitrogen functional groups attached to an aromatic ring is 1. The van der Waals surface area contributed by atoms with E-state index in [1.54, 1.807) is 36.5 Å². The molecule has 3 N–H and O–H groups in total. The summed E-state index contributed by atoms with van der Waals surface area (Å²) in [6, 6.07) is 12.4. The maximum Gasteiger partial charge on any atom is 0.256 e. The Balaban J connectivity index is 1.41. The number of carbonyl (C=O) groups is 2. The second kappa shape index (κ2) is 11.4. The Morgan fingerprint density at radius 3 is 2.69 bits per heavy atom. The number of aromatic nitrogens is 5. The number of likely N-dealkylation sites (tertiary alicyclic amines) is 1. The van der Waals surface area contributed by atoms with Gasteiger partial charge in [0.15, 0.2) is 5.65 Å². The second-order valence-corrected chi connectivity index (χ2v) is 9.74. The molecule has 200 valence electrons. The van der Waals surface area contributed by atoms with Gasteiger partial charge in [-0.05, 0) is 51.2 Å². The Labute approximate surface area is 226 Å². The molecule has 0 bridgehead atoms. The normalized spacial score (nSPS) is 15.8. The molecule has 39 heavy (non-hydrogen) atoms. The molecule has 0 radical (unpaired) electrons. The fourth-order valence-electron chi connectivity index (χ4n) is 4.68. The van der Waals surface area contributed by atoms with Crippen molar-refractivity contribution in [2.24, 2.45) is 0 Å². The first-order valence-electron chi connectivity index (χ1n) is 12.8. The quantitative estimate of drug-likeness (QED) is 0.352. The maximum absolute atomic E-state index is 12.8. The Hall–Kier alpha value is -4.64. The lowest BCUT2D eigenvalue weighted by Gasteiger charge is -2.32. The number of nitrogens with one attached hydrogen (secondary N) is 1. The lowest BCUT2D eigenvalue weighted by molar-refractivity contribution is -0.127. The monoisotopic (exact) mass is 525 g/mol. The summed E-state index contributed by atoms with van der Waals surface area (Å²) >= 11 is 0. The third-order valence-corrected chi connectivity index (χ3v) is 6.63. The SMILES string of the molecule is CN(C)CC=CC(=O)N1CCCC(n2nc(-c3ccc(C(=O)Nc4ccccn4)cc3)c3c(N)ncnc32)C1. The number of nitrogens with two attached hydrogens (primary N) is 1. The molecule has 1 saturated heterocycles. The number of benzene rings is 1. The van der Waals surface area contributed by atoms with Crippen molar-refractivity contribution in [3.05, 3.63) is 72.7 Å². The molecular weight excluding hydrogens is 494 g/mol. The molecular formula is C28H31N9O2. The molecule has 4 aromatic rings. The van der Waals surface area contributed by atoms with E-state index in [4.69, 9.17) is 10.8 Å². The highest BCUT2D eigenvalue weighted by atomic mass is 16.2. The van der Waals surface area contributed by atoms with Crippen molar-refractivity contribution in [1.82, 2.24) is 34.5 Å². The van der Waals surface area contributed by atoms with Crippen molar-refractivity contribution in [2.75, 3.05) is 44.8 Å². The molecule has 11 nitrogen and oxygen atoms in total. The van der Waals surface area contributed by atoms with Crippen LogP contribution in [0.4, 0.5) is 11.6 Å². The molecule has 3 aromatic heterocycles. The van der Waals surface area contributed by atoms with E-state index in [2.05, 4.69) is 20.3 Å². The van der Waals surface area contributed by atoms with Gasteiger partial charge in [-0.25, -0.2) is 19.6 Å². The van der Waals surface area contributed by atoms with E-state index < -0.39 is 0 Å². The van der Waals surface area contributed by atoms with Crippen molar-refractivity contribution >= 4 is 34.5 Å². The maximum atomic E-state index is 12.8. The average molecular weight is 526 g/mol. The lowest BCUT2D eigenvalue weighted by Crippen LogP contribution is -2.40. The average Bonchev–Trinajstić information content (AvgIpc) is 3.34. The first-order valence-corrected chi connectivity index (χ1v) is 12.8. The van der Waals surface area contributed by atoms with Gasteiger partial charge in [-0.2, -0.15) is 5.10 Å². The van der Waals surface area contributed by atoms with Crippen molar-refractivity contribution in [1.29, 1.82) is 0 Å². The van der Waals surface area contributed by atoms with E-state index in [0.29, 0.717) is 53.6 Å². The van der Waals surface area contributed by atoms with Crippen molar-refractivity contribution < 1.29 is 9.59 Å². The number of rotatable bonds is 7. The predicted molar refractivity (Wildman–Crippen MR) is 150 cm³/mol. The number of hydrogen-bond acceptors (Lipinski definition) is 8. The molecule has 0 spiro atoms. The fraction of sp³-hybridized carbons (Fsp3) is 0.286. The summed E-state index contributed by atoms with van der Waals surface area (Å²) in [6.07, 6.45) is 8.28. The van der Waals surface area contributed by atoms with Crippen molar-refractivity contribution in [3.8, 4) is 11.3 Å². The van der Waals surface area contributed by atoms with Crippen LogP contribution >= 0.6 is 0 Å². The molecule has 4 heterocycles. The Bertz CT molecular complexity index is 1500. The number of fused-ring (bicyclic) bond motifs is 1. The molecule has 11 heteroatoms. The summed E-state index contributed by atoms with van der Waals surface area (Å²) in [5.41, 5.74) is 8.83. The van der Waals surface area contributed by atoms with Crippen LogP contribution in [0.15, 0.2) is 67.1 Å². The molecule has 1 fully saturated rings. The van der Waals surface area contributed by atoms with Crippen molar-refractivity contribution in [3.63, 3.8) is 0 Å². The topological polar surface area (TPSA) is 135 Å². The molecule has 1 aliphatic heterocycles. The number of piperidine rings is 1. The molecule has 0 saturated carbocycles. The molecule has 1 aromatic carbocycles. The van der Waals surface area contributed by atoms with E-state index in [9.17, 15) is 9.59 Å². The smallest absolute Gasteiger partial charge is 0.256 e. The van der Waals surface area contributed by atoms with Crippen molar-refractivity contribution in [2.45, 2.75) is 18.9 Å². The third kappa shape index (κ3) is 5.78. The summed E-state index contributed by atoms with van der Waals surface area (Å²) in [5, 5.41) is 8.36. The zero-order chi connectivity index (χ0) is 27.4. The Kier molecular flexibility index (Phi) is 7.60. The lowest BCUT2D eigenvalue weighted by atomic mass is 10.1. The number of hydrogen-bond donors (Lipinski definition) is 2. The van der Waals surface area contributed by atoms with Gasteiger partial charge in [0.05, 0.1) is 11.4 Å². The molecule has 2 amide bonds. The highest BCUT2D eigenvalue weighted by Crippen LogP contribution is 2.34. The largest absolute Gasteiger partial charge is 0.383 e. The summed E-state index contributed by atoms with van der Waals surface area (Å²) in [5.74, 6) is 0.542. The fourth-order valence-corrected chi connectivity index (χ4v) is 4.68. The second-order valence-electron chi connectivity index (χ2n) is 9.74. The Morgan fingerprint density at radius 2 is 1.95 bits per heavy atom. The van der Waals surface area contributed by atoms with Crippen LogP contribution in [0.25, 0.3) is 22.3 Å². The van der Waals surface area contributed by atoms with Crippen LogP contribution in [-0.2, 0) is 4.79 Å². The summed E-state index contributed by atoms with van der Waals surface area (Å²) in [6.45, 7) is 1.93. The first-order chi connectivity index (χ1) is 18.9. The predicted octanol–water partition coefficient (Wildman–Crippen LogP) is 3.00. The number of pyridine rings is 1. The van der Waals surface area contributed by atoms with Crippen LogP contribution in [0.5, 0.6) is 0 Å². The standard InChI is InChI=1S/C28H31N9O2/c1-35(2)15-6-9-23(38)36-16-5-7-21(17-36)37-27-24(26(29)31-18-32-27)25(34-37)19-10-12-20(13-11-19)28(39)33-22-8-3-4-14-30-22/h3-4,6,8-14,18,21H,5,7,15-17H2,1-2H3,(H2,29,31,32)(H,30,33,39). The number of anilines is 2. The molecule has 1 unspecified atom stereocenters. The van der Waals surface area contributed by atoms with Gasteiger partial charge in [0.1, 0.15) is 23.7 Å². The number of amides is 2. The van der Waals surface area contributed by atoms with E-state index in [-0.39, 0.29) is 17.9 Å². The van der Waals surface area contributed by atoms with Crippen LogP contribution in [-0.4, -0.2) is 80.1 Å². The van der Waals surface area contributed by atoms with E-state index >= 15 is 0 Å². The summed E-state index contributed by atoms with van der Waals surface area (Å²) in [4.78, 5) is 42.2. The number of carbonyl (C=O) groups excluding carboxylic acids is 2. The van der Waals surface area contributed by atoms with Crippen LogP contribution < -0.4 is 11.1 Å². The molecule has 0 aliphatic carbocycles. The first kappa shape index (κ1) is 26.0. The summed E-state index contributed by atoms with van der Waals surface area (Å²) < 4.78 is 1.87. The highest BCUT2D eigenvalue weighted by molar-refractivity contribution is 6.04. The summed E-state index contributed by atoms with van der Waals surface area (Å²) in [7, 11) is 3.93. The number of likely N-dealkylation sites (N-methyl/N-ethyl adjacent to an activating group) is 1. The van der Waals surface area contributed by atoms with Crippen LogP contribution in [0, 0.1) is 0 Å². The third-order valence-electron chi connectivity index (χ3n) is 6.63. The Morgan fingerprint density at radius 1 is 1.13 bits per heavy atom. The molecule has 1 aliphatic rings.